The molecule has 1 aromatic heterocycles. The van der Waals surface area contributed by atoms with Crippen LogP contribution < -0.4 is 0 Å². The van der Waals surface area contributed by atoms with Gasteiger partial charge < -0.3 is 10.1 Å². The number of H-pyrrole nitrogens is 1. The standard InChI is InChI=1S/C11H16N2O4S/c1-8-2-4-13(5-3-8)18(16,17)9-6-10(11(14)15)12-7-9/h6-8,12H,2-5H2,1H3,(H,14,15). The SMILES string of the molecule is CC1CCN(S(=O)(=O)c2c[nH]c(C(=O)O)c2)CC1. The van der Waals surface area contributed by atoms with Crippen LogP contribution in [0.2, 0.25) is 0 Å². The van der Waals surface area contributed by atoms with Crippen molar-refractivity contribution in [2.24, 2.45) is 5.92 Å². The number of aromatic amines is 1. The molecule has 1 saturated heterocycles. The molecule has 6 nitrogen and oxygen atoms in total. The second kappa shape index (κ2) is 4.74. The molecule has 1 aliphatic rings. The highest BCUT2D eigenvalue weighted by molar-refractivity contribution is 7.89. The minimum absolute atomic E-state index is 0.0226. The Morgan fingerprint density at radius 1 is 1.44 bits per heavy atom. The van der Waals surface area contributed by atoms with Crippen LogP contribution in [0.4, 0.5) is 0 Å². The van der Waals surface area contributed by atoms with Gasteiger partial charge in [0.25, 0.3) is 0 Å². The number of nitrogens with zero attached hydrogens (tertiary/aromatic N) is 1. The molecular weight excluding hydrogens is 256 g/mol. The summed E-state index contributed by atoms with van der Waals surface area (Å²) in [7, 11) is -3.56. The first-order valence-electron chi connectivity index (χ1n) is 5.83. The number of carboxylic acids is 1. The fourth-order valence-electron chi connectivity index (χ4n) is 2.02. The Morgan fingerprint density at radius 2 is 2.06 bits per heavy atom. The number of carbonyl (C=O) groups is 1. The van der Waals surface area contributed by atoms with E-state index < -0.39 is 16.0 Å². The summed E-state index contributed by atoms with van der Waals surface area (Å²) >= 11 is 0. The number of carboxylic acid groups (broad SMARTS) is 1. The van der Waals surface area contributed by atoms with Gasteiger partial charge >= 0.3 is 5.97 Å². The first-order chi connectivity index (χ1) is 8.41. The molecule has 1 fully saturated rings. The van der Waals surface area contributed by atoms with Gasteiger partial charge in [-0.05, 0) is 24.8 Å². The highest BCUT2D eigenvalue weighted by Crippen LogP contribution is 2.23. The quantitative estimate of drug-likeness (QED) is 0.863. The molecule has 0 aliphatic carbocycles. The molecule has 0 aromatic carbocycles. The topological polar surface area (TPSA) is 90.5 Å². The van der Waals surface area contributed by atoms with Gasteiger partial charge in [0, 0.05) is 19.3 Å². The smallest absolute Gasteiger partial charge is 0.352 e. The van der Waals surface area contributed by atoms with E-state index in [-0.39, 0.29) is 10.6 Å². The van der Waals surface area contributed by atoms with Crippen LogP contribution in [0.5, 0.6) is 0 Å². The molecule has 0 saturated carbocycles. The molecule has 2 N–H and O–H groups in total. The largest absolute Gasteiger partial charge is 0.477 e. The Kier molecular flexibility index (Phi) is 3.45. The summed E-state index contributed by atoms with van der Waals surface area (Å²) in [5.74, 6) is -0.624. The van der Waals surface area contributed by atoms with Crippen molar-refractivity contribution < 1.29 is 18.3 Å². The molecule has 0 spiro atoms. The number of piperidine rings is 1. The van der Waals surface area contributed by atoms with E-state index in [0.29, 0.717) is 19.0 Å². The van der Waals surface area contributed by atoms with Gasteiger partial charge in [0.15, 0.2) is 0 Å². The van der Waals surface area contributed by atoms with Gasteiger partial charge in [-0.3, -0.25) is 0 Å². The lowest BCUT2D eigenvalue weighted by molar-refractivity contribution is 0.0691. The molecule has 2 rings (SSSR count). The Labute approximate surface area is 106 Å². The van der Waals surface area contributed by atoms with E-state index >= 15 is 0 Å². The predicted octanol–water partition coefficient (Wildman–Crippen LogP) is 1.13. The minimum atomic E-state index is -3.56. The molecular formula is C11H16N2O4S. The van der Waals surface area contributed by atoms with E-state index in [1.54, 1.807) is 0 Å². The van der Waals surface area contributed by atoms with E-state index in [4.69, 9.17) is 5.11 Å². The summed E-state index contributed by atoms with van der Waals surface area (Å²) in [5, 5.41) is 8.77. The van der Waals surface area contributed by atoms with Crippen LogP contribution in [0.25, 0.3) is 0 Å². The van der Waals surface area contributed by atoms with Crippen molar-refractivity contribution in [1.82, 2.24) is 9.29 Å². The van der Waals surface area contributed by atoms with E-state index in [1.165, 1.54) is 10.5 Å². The van der Waals surface area contributed by atoms with Crippen LogP contribution in [0.1, 0.15) is 30.3 Å². The van der Waals surface area contributed by atoms with Crippen molar-refractivity contribution in [1.29, 1.82) is 0 Å². The maximum absolute atomic E-state index is 12.2. The third-order valence-electron chi connectivity index (χ3n) is 3.27. The van der Waals surface area contributed by atoms with Crippen molar-refractivity contribution in [2.75, 3.05) is 13.1 Å². The Hall–Kier alpha value is -1.34. The highest BCUT2D eigenvalue weighted by atomic mass is 32.2. The summed E-state index contributed by atoms with van der Waals surface area (Å²) in [6, 6.07) is 1.16. The normalized spacial score (nSPS) is 18.9. The summed E-state index contributed by atoms with van der Waals surface area (Å²) in [4.78, 5) is 13.2. The Bertz CT molecular complexity index is 541. The van der Waals surface area contributed by atoms with E-state index in [0.717, 1.165) is 18.9 Å². The van der Waals surface area contributed by atoms with Gasteiger partial charge in [-0.15, -0.1) is 0 Å². The molecule has 2 heterocycles. The van der Waals surface area contributed by atoms with Gasteiger partial charge in [0.05, 0.1) is 0 Å². The van der Waals surface area contributed by atoms with Crippen LogP contribution in [-0.2, 0) is 10.0 Å². The molecule has 0 radical (unpaired) electrons. The Balaban J connectivity index is 2.22. The molecule has 1 aromatic rings. The third kappa shape index (κ3) is 2.41. The van der Waals surface area contributed by atoms with Crippen LogP contribution >= 0.6 is 0 Å². The van der Waals surface area contributed by atoms with E-state index in [2.05, 4.69) is 11.9 Å². The van der Waals surface area contributed by atoms with Gasteiger partial charge in [-0.25, -0.2) is 13.2 Å². The van der Waals surface area contributed by atoms with E-state index in [9.17, 15) is 13.2 Å². The molecule has 18 heavy (non-hydrogen) atoms. The van der Waals surface area contributed by atoms with Crippen molar-refractivity contribution in [3.63, 3.8) is 0 Å². The monoisotopic (exact) mass is 272 g/mol. The Morgan fingerprint density at radius 3 is 2.56 bits per heavy atom. The average molecular weight is 272 g/mol. The fourth-order valence-corrected chi connectivity index (χ4v) is 3.49. The molecule has 1 aliphatic heterocycles. The van der Waals surface area contributed by atoms with Crippen LogP contribution in [0, 0.1) is 5.92 Å². The van der Waals surface area contributed by atoms with Gasteiger partial charge in [0.1, 0.15) is 10.6 Å². The zero-order chi connectivity index (χ0) is 13.3. The van der Waals surface area contributed by atoms with Crippen molar-refractivity contribution in [2.45, 2.75) is 24.7 Å². The van der Waals surface area contributed by atoms with E-state index in [1.807, 2.05) is 0 Å². The third-order valence-corrected chi connectivity index (χ3v) is 5.14. The fraction of sp³-hybridized carbons (Fsp3) is 0.545. The van der Waals surface area contributed by atoms with Crippen LogP contribution in [-0.4, -0.2) is 41.9 Å². The lowest BCUT2D eigenvalue weighted by Crippen LogP contribution is -2.37. The maximum atomic E-state index is 12.2. The van der Waals surface area contributed by atoms with Gasteiger partial charge in [0.2, 0.25) is 10.0 Å². The highest BCUT2D eigenvalue weighted by Gasteiger charge is 2.29. The van der Waals surface area contributed by atoms with Gasteiger partial charge in [-0.2, -0.15) is 4.31 Å². The molecule has 100 valence electrons. The molecule has 0 amide bonds. The van der Waals surface area contributed by atoms with Crippen molar-refractivity contribution in [3.05, 3.63) is 18.0 Å². The number of hydrogen-bond donors (Lipinski definition) is 2. The number of sulfonamides is 1. The maximum Gasteiger partial charge on any atom is 0.352 e. The first-order valence-corrected chi connectivity index (χ1v) is 7.27. The van der Waals surface area contributed by atoms with Gasteiger partial charge in [-0.1, -0.05) is 6.92 Å². The average Bonchev–Trinajstić information content (AvgIpc) is 2.79. The van der Waals surface area contributed by atoms with Crippen LogP contribution in [0.3, 0.4) is 0 Å². The van der Waals surface area contributed by atoms with Crippen LogP contribution in [0.15, 0.2) is 17.2 Å². The number of rotatable bonds is 3. The lowest BCUT2D eigenvalue weighted by atomic mass is 10.0. The molecule has 0 atom stereocenters. The molecule has 0 unspecified atom stereocenters. The number of aromatic nitrogens is 1. The number of hydrogen-bond acceptors (Lipinski definition) is 3. The second-order valence-electron chi connectivity index (χ2n) is 4.64. The lowest BCUT2D eigenvalue weighted by Gasteiger charge is -2.28. The zero-order valence-electron chi connectivity index (χ0n) is 10.1. The zero-order valence-corrected chi connectivity index (χ0v) is 10.9. The summed E-state index contributed by atoms with van der Waals surface area (Å²) in [6.07, 6.45) is 2.92. The summed E-state index contributed by atoms with van der Waals surface area (Å²) in [5.41, 5.74) is -0.112. The first kappa shape index (κ1) is 13.1. The summed E-state index contributed by atoms with van der Waals surface area (Å²) in [6.45, 7) is 3.09. The predicted molar refractivity (Wildman–Crippen MR) is 64.9 cm³/mol. The van der Waals surface area contributed by atoms with Crippen molar-refractivity contribution in [3.8, 4) is 0 Å². The number of nitrogens with one attached hydrogen (secondary N) is 1. The molecule has 0 bridgehead atoms. The minimum Gasteiger partial charge on any atom is -0.477 e. The second-order valence-corrected chi connectivity index (χ2v) is 6.58. The summed E-state index contributed by atoms with van der Waals surface area (Å²) < 4.78 is 25.9. The van der Waals surface area contributed by atoms with Crippen molar-refractivity contribution >= 4 is 16.0 Å². The number of aromatic carboxylic acids is 1. The molecule has 7 heteroatoms.